The SMILES string of the molecule is CC(C)(C)c1ccc(Cc2ccc(C(C)(C)C)cc2)cc1.COc1ccc(S(C)(=O)=O)cc1. The topological polar surface area (TPSA) is 43.4 Å². The number of hydrogen-bond donors (Lipinski definition) is 0. The van der Waals surface area contributed by atoms with Crippen LogP contribution in [0.4, 0.5) is 0 Å². The molecule has 33 heavy (non-hydrogen) atoms. The maximum atomic E-state index is 11.0. The Kier molecular flexibility index (Phi) is 8.53. The zero-order valence-electron chi connectivity index (χ0n) is 21.3. The van der Waals surface area contributed by atoms with Crippen LogP contribution in [0.1, 0.15) is 63.8 Å². The lowest BCUT2D eigenvalue weighted by Gasteiger charge is -2.20. The van der Waals surface area contributed by atoms with Gasteiger partial charge in [-0.3, -0.25) is 0 Å². The standard InChI is InChI=1S/C21H28.C8H10O3S/c1-20(2,3)18-11-7-16(8-12-18)15-17-9-13-19(14-10-17)21(4,5)6;1-11-7-3-5-8(6-4-7)12(2,9)10/h7-14H,15H2,1-6H3;3-6H,1-2H3. The fraction of sp³-hybridized carbons (Fsp3) is 0.379. The summed E-state index contributed by atoms with van der Waals surface area (Å²) in [5.74, 6) is 0.655. The van der Waals surface area contributed by atoms with Crippen LogP contribution >= 0.6 is 0 Å². The Morgan fingerprint density at radius 1 is 0.636 bits per heavy atom. The summed E-state index contributed by atoms with van der Waals surface area (Å²) in [6.45, 7) is 13.5. The minimum Gasteiger partial charge on any atom is -0.497 e. The molecule has 0 saturated carbocycles. The van der Waals surface area contributed by atoms with Gasteiger partial charge in [0.2, 0.25) is 0 Å². The minimum absolute atomic E-state index is 0.229. The van der Waals surface area contributed by atoms with Gasteiger partial charge in [-0.05, 0) is 63.8 Å². The summed E-state index contributed by atoms with van der Waals surface area (Å²) in [6, 6.07) is 24.4. The summed E-state index contributed by atoms with van der Waals surface area (Å²) in [4.78, 5) is 0.309. The molecule has 3 aromatic carbocycles. The van der Waals surface area contributed by atoms with E-state index in [1.807, 2.05) is 0 Å². The first-order valence-corrected chi connectivity index (χ1v) is 13.1. The second-order valence-electron chi connectivity index (χ2n) is 10.5. The third kappa shape index (κ3) is 8.36. The zero-order chi connectivity index (χ0) is 24.9. The van der Waals surface area contributed by atoms with Crippen LogP contribution in [0.15, 0.2) is 77.7 Å². The number of hydrogen-bond acceptors (Lipinski definition) is 3. The van der Waals surface area contributed by atoms with Gasteiger partial charge in [0.1, 0.15) is 5.75 Å². The van der Waals surface area contributed by atoms with E-state index in [4.69, 9.17) is 4.74 Å². The number of benzene rings is 3. The smallest absolute Gasteiger partial charge is 0.175 e. The van der Waals surface area contributed by atoms with Gasteiger partial charge in [-0.1, -0.05) is 90.1 Å². The summed E-state index contributed by atoms with van der Waals surface area (Å²) < 4.78 is 26.9. The predicted octanol–water partition coefficient (Wildman–Crippen LogP) is 6.97. The van der Waals surface area contributed by atoms with E-state index in [9.17, 15) is 8.42 Å². The number of ether oxygens (including phenoxy) is 1. The van der Waals surface area contributed by atoms with Gasteiger partial charge in [-0.25, -0.2) is 8.42 Å². The average molecular weight is 467 g/mol. The molecule has 3 nitrogen and oxygen atoms in total. The molecule has 0 spiro atoms. The van der Waals surface area contributed by atoms with E-state index in [-0.39, 0.29) is 10.8 Å². The molecule has 0 unspecified atom stereocenters. The van der Waals surface area contributed by atoms with E-state index in [1.54, 1.807) is 12.1 Å². The lowest BCUT2D eigenvalue weighted by Crippen LogP contribution is -2.11. The van der Waals surface area contributed by atoms with Crippen LogP contribution in [0.5, 0.6) is 5.75 Å². The van der Waals surface area contributed by atoms with Crippen LogP contribution in [0.25, 0.3) is 0 Å². The molecule has 0 amide bonds. The fourth-order valence-corrected chi connectivity index (χ4v) is 3.93. The lowest BCUT2D eigenvalue weighted by molar-refractivity contribution is 0.414. The first kappa shape index (κ1) is 26.7. The lowest BCUT2D eigenvalue weighted by atomic mass is 9.85. The summed E-state index contributed by atoms with van der Waals surface area (Å²) >= 11 is 0. The van der Waals surface area contributed by atoms with Crippen LogP contribution in [-0.2, 0) is 27.1 Å². The molecule has 0 saturated heterocycles. The highest BCUT2D eigenvalue weighted by atomic mass is 32.2. The highest BCUT2D eigenvalue weighted by molar-refractivity contribution is 7.90. The van der Waals surface area contributed by atoms with Gasteiger partial charge >= 0.3 is 0 Å². The van der Waals surface area contributed by atoms with Gasteiger partial charge in [-0.15, -0.1) is 0 Å². The predicted molar refractivity (Wildman–Crippen MR) is 139 cm³/mol. The van der Waals surface area contributed by atoms with Gasteiger partial charge in [0.25, 0.3) is 0 Å². The average Bonchev–Trinajstić information content (AvgIpc) is 2.73. The molecule has 3 rings (SSSR count). The van der Waals surface area contributed by atoms with Crippen molar-refractivity contribution < 1.29 is 13.2 Å². The Morgan fingerprint density at radius 2 is 1.00 bits per heavy atom. The van der Waals surface area contributed by atoms with E-state index >= 15 is 0 Å². The molecule has 0 aliphatic rings. The van der Waals surface area contributed by atoms with E-state index in [0.29, 0.717) is 10.6 Å². The van der Waals surface area contributed by atoms with Crippen molar-refractivity contribution in [2.75, 3.05) is 13.4 Å². The molecule has 0 bridgehead atoms. The Hall–Kier alpha value is -2.59. The quantitative estimate of drug-likeness (QED) is 0.417. The Morgan fingerprint density at radius 3 is 1.27 bits per heavy atom. The highest BCUT2D eigenvalue weighted by Crippen LogP contribution is 2.25. The molecule has 0 atom stereocenters. The van der Waals surface area contributed by atoms with Crippen molar-refractivity contribution in [2.24, 2.45) is 0 Å². The first-order valence-electron chi connectivity index (χ1n) is 11.2. The normalized spacial score (nSPS) is 12.0. The minimum atomic E-state index is -3.08. The molecule has 0 heterocycles. The molecule has 178 valence electrons. The van der Waals surface area contributed by atoms with Gasteiger partial charge in [0.05, 0.1) is 12.0 Å². The number of methoxy groups -OCH3 is 1. The maximum absolute atomic E-state index is 11.0. The van der Waals surface area contributed by atoms with Gasteiger partial charge in [0.15, 0.2) is 9.84 Å². The van der Waals surface area contributed by atoms with Crippen molar-refractivity contribution in [1.29, 1.82) is 0 Å². The van der Waals surface area contributed by atoms with Crippen LogP contribution in [0.2, 0.25) is 0 Å². The Labute approximate surface area is 200 Å². The van der Waals surface area contributed by atoms with E-state index in [1.165, 1.54) is 47.8 Å². The third-order valence-electron chi connectivity index (χ3n) is 5.54. The highest BCUT2D eigenvalue weighted by Gasteiger charge is 2.14. The summed E-state index contributed by atoms with van der Waals surface area (Å²) in [7, 11) is -1.55. The molecular formula is C29H38O3S. The van der Waals surface area contributed by atoms with Gasteiger partial charge in [-0.2, -0.15) is 0 Å². The van der Waals surface area contributed by atoms with Gasteiger partial charge < -0.3 is 4.74 Å². The monoisotopic (exact) mass is 466 g/mol. The third-order valence-corrected chi connectivity index (χ3v) is 6.66. The zero-order valence-corrected chi connectivity index (χ0v) is 22.1. The van der Waals surface area contributed by atoms with Crippen molar-refractivity contribution >= 4 is 9.84 Å². The van der Waals surface area contributed by atoms with E-state index in [0.717, 1.165) is 6.42 Å². The van der Waals surface area contributed by atoms with Crippen molar-refractivity contribution in [3.8, 4) is 5.75 Å². The molecule has 3 aromatic rings. The molecule has 0 aliphatic carbocycles. The number of rotatable bonds is 4. The van der Waals surface area contributed by atoms with Crippen LogP contribution in [0.3, 0.4) is 0 Å². The Bertz CT molecular complexity index is 1060. The van der Waals surface area contributed by atoms with Gasteiger partial charge in [0, 0.05) is 6.26 Å². The summed E-state index contributed by atoms with van der Waals surface area (Å²) in [5.41, 5.74) is 6.02. The van der Waals surface area contributed by atoms with Crippen LogP contribution in [-0.4, -0.2) is 21.8 Å². The maximum Gasteiger partial charge on any atom is 0.175 e. The molecule has 0 aromatic heterocycles. The van der Waals surface area contributed by atoms with Crippen LogP contribution < -0.4 is 4.74 Å². The first-order chi connectivity index (χ1) is 15.2. The molecule has 4 heteroatoms. The second kappa shape index (κ2) is 10.6. The van der Waals surface area contributed by atoms with Crippen LogP contribution in [0, 0.1) is 0 Å². The summed E-state index contributed by atoms with van der Waals surface area (Å²) in [5, 5.41) is 0. The Balaban J connectivity index is 0.000000273. The number of sulfone groups is 1. The molecular weight excluding hydrogens is 428 g/mol. The van der Waals surface area contributed by atoms with E-state index < -0.39 is 9.84 Å². The summed E-state index contributed by atoms with van der Waals surface area (Å²) in [6.07, 6.45) is 2.18. The second-order valence-corrected chi connectivity index (χ2v) is 12.5. The molecule has 0 fully saturated rings. The fourth-order valence-electron chi connectivity index (χ4n) is 3.30. The van der Waals surface area contributed by atoms with Crippen molar-refractivity contribution in [1.82, 2.24) is 0 Å². The van der Waals surface area contributed by atoms with E-state index in [2.05, 4.69) is 90.1 Å². The molecule has 0 radical (unpaired) electrons. The van der Waals surface area contributed by atoms with Crippen molar-refractivity contribution in [3.63, 3.8) is 0 Å². The molecule has 0 N–H and O–H groups in total. The largest absolute Gasteiger partial charge is 0.497 e. The molecule has 0 aliphatic heterocycles. The van der Waals surface area contributed by atoms with Crippen molar-refractivity contribution in [2.45, 2.75) is 63.7 Å². The van der Waals surface area contributed by atoms with Crippen molar-refractivity contribution in [3.05, 3.63) is 95.1 Å².